The molecule has 0 spiro atoms. The Morgan fingerprint density at radius 1 is 1.35 bits per heavy atom. The van der Waals surface area contributed by atoms with Crippen LogP contribution in [0.15, 0.2) is 30.3 Å². The lowest BCUT2D eigenvalue weighted by molar-refractivity contribution is 0.0123. The minimum absolute atomic E-state index is 0.403. The average Bonchev–Trinajstić information content (AvgIpc) is 3.20. The fraction of sp³-hybridized carbons (Fsp3) is 0.571. The van der Waals surface area contributed by atoms with Gasteiger partial charge in [0, 0.05) is 20.2 Å². The van der Waals surface area contributed by atoms with E-state index in [2.05, 4.69) is 5.32 Å². The SMILES string of the molecule is COCCNCC(O)(c1ccccc1)C1CC1. The maximum absolute atomic E-state index is 10.8. The van der Waals surface area contributed by atoms with Gasteiger partial charge in [-0.1, -0.05) is 30.3 Å². The van der Waals surface area contributed by atoms with Gasteiger partial charge in [-0.3, -0.25) is 0 Å². The third-order valence-electron chi connectivity index (χ3n) is 3.40. The van der Waals surface area contributed by atoms with Crippen LogP contribution >= 0.6 is 0 Å². The zero-order valence-corrected chi connectivity index (χ0v) is 10.4. The highest BCUT2D eigenvalue weighted by atomic mass is 16.5. The van der Waals surface area contributed by atoms with E-state index in [0.29, 0.717) is 19.1 Å². The fourth-order valence-corrected chi connectivity index (χ4v) is 2.22. The van der Waals surface area contributed by atoms with E-state index in [1.807, 2.05) is 30.3 Å². The van der Waals surface area contributed by atoms with Crippen molar-refractivity contribution in [3.63, 3.8) is 0 Å². The van der Waals surface area contributed by atoms with Crippen molar-refractivity contribution in [1.82, 2.24) is 5.32 Å². The monoisotopic (exact) mass is 235 g/mol. The topological polar surface area (TPSA) is 41.5 Å². The molecular weight excluding hydrogens is 214 g/mol. The summed E-state index contributed by atoms with van der Waals surface area (Å²) in [5, 5.41) is 14.1. The summed E-state index contributed by atoms with van der Waals surface area (Å²) in [5.41, 5.74) is 0.307. The summed E-state index contributed by atoms with van der Waals surface area (Å²) in [5.74, 6) is 0.403. The van der Waals surface area contributed by atoms with Crippen LogP contribution in [-0.4, -0.2) is 31.9 Å². The molecule has 3 heteroatoms. The van der Waals surface area contributed by atoms with Gasteiger partial charge < -0.3 is 15.2 Å². The first-order valence-electron chi connectivity index (χ1n) is 6.25. The quantitative estimate of drug-likeness (QED) is 0.704. The third kappa shape index (κ3) is 3.06. The first-order chi connectivity index (χ1) is 8.27. The van der Waals surface area contributed by atoms with E-state index >= 15 is 0 Å². The standard InChI is InChI=1S/C14H21NO2/c1-17-10-9-15-11-14(16,13-7-8-13)12-5-3-2-4-6-12/h2-6,13,15-16H,7-11H2,1H3. The summed E-state index contributed by atoms with van der Waals surface area (Å²) in [6.45, 7) is 2.05. The molecule has 0 aliphatic heterocycles. The molecule has 17 heavy (non-hydrogen) atoms. The predicted molar refractivity (Wildman–Crippen MR) is 67.8 cm³/mol. The number of nitrogens with one attached hydrogen (secondary N) is 1. The lowest BCUT2D eigenvalue weighted by Gasteiger charge is -2.29. The minimum Gasteiger partial charge on any atom is -0.384 e. The Hall–Kier alpha value is -0.900. The van der Waals surface area contributed by atoms with Gasteiger partial charge in [-0.15, -0.1) is 0 Å². The number of hydrogen-bond donors (Lipinski definition) is 2. The summed E-state index contributed by atoms with van der Waals surface area (Å²) in [6, 6.07) is 9.97. The molecule has 1 fully saturated rings. The Labute approximate surface area is 103 Å². The molecule has 1 aliphatic carbocycles. The van der Waals surface area contributed by atoms with Crippen molar-refractivity contribution in [1.29, 1.82) is 0 Å². The number of rotatable bonds is 7. The summed E-state index contributed by atoms with van der Waals surface area (Å²) in [4.78, 5) is 0. The van der Waals surface area contributed by atoms with Crippen LogP contribution in [0.2, 0.25) is 0 Å². The Morgan fingerprint density at radius 2 is 2.06 bits per heavy atom. The number of methoxy groups -OCH3 is 1. The van der Waals surface area contributed by atoms with Gasteiger partial charge in [-0.05, 0) is 24.3 Å². The Bertz CT molecular complexity index is 337. The van der Waals surface area contributed by atoms with Gasteiger partial charge in [-0.2, -0.15) is 0 Å². The molecule has 2 N–H and O–H groups in total. The van der Waals surface area contributed by atoms with Crippen LogP contribution < -0.4 is 5.32 Å². The minimum atomic E-state index is -0.713. The van der Waals surface area contributed by atoms with Gasteiger partial charge >= 0.3 is 0 Å². The fourth-order valence-electron chi connectivity index (χ4n) is 2.22. The molecule has 0 amide bonds. The Morgan fingerprint density at radius 3 is 2.65 bits per heavy atom. The van der Waals surface area contributed by atoms with Gasteiger partial charge in [0.25, 0.3) is 0 Å². The molecule has 1 saturated carbocycles. The first kappa shape index (κ1) is 12.6. The molecule has 1 unspecified atom stereocenters. The number of aliphatic hydroxyl groups is 1. The zero-order chi connectivity index (χ0) is 12.1. The second-order valence-corrected chi connectivity index (χ2v) is 4.73. The van der Waals surface area contributed by atoms with Crippen LogP contribution in [0, 0.1) is 5.92 Å². The van der Waals surface area contributed by atoms with Crippen molar-refractivity contribution in [3.05, 3.63) is 35.9 Å². The van der Waals surface area contributed by atoms with Crippen molar-refractivity contribution in [3.8, 4) is 0 Å². The summed E-state index contributed by atoms with van der Waals surface area (Å²) in [7, 11) is 1.69. The van der Waals surface area contributed by atoms with Crippen molar-refractivity contribution in [2.75, 3.05) is 26.8 Å². The van der Waals surface area contributed by atoms with Crippen LogP contribution in [0.4, 0.5) is 0 Å². The van der Waals surface area contributed by atoms with E-state index in [-0.39, 0.29) is 0 Å². The first-order valence-corrected chi connectivity index (χ1v) is 6.25. The van der Waals surface area contributed by atoms with Crippen molar-refractivity contribution >= 4 is 0 Å². The molecular formula is C14H21NO2. The maximum atomic E-state index is 10.8. The second-order valence-electron chi connectivity index (χ2n) is 4.73. The molecule has 1 aliphatic rings. The van der Waals surface area contributed by atoms with E-state index in [1.54, 1.807) is 7.11 Å². The maximum Gasteiger partial charge on any atom is 0.105 e. The molecule has 0 saturated heterocycles. The number of ether oxygens (including phenoxy) is 1. The molecule has 2 rings (SSSR count). The highest BCUT2D eigenvalue weighted by Crippen LogP contribution is 2.45. The van der Waals surface area contributed by atoms with Crippen molar-refractivity contribution < 1.29 is 9.84 Å². The lowest BCUT2D eigenvalue weighted by atomic mass is 9.88. The Kier molecular flexibility index (Phi) is 4.15. The molecule has 94 valence electrons. The van der Waals surface area contributed by atoms with E-state index in [1.165, 1.54) is 0 Å². The molecule has 0 heterocycles. The molecule has 0 aromatic heterocycles. The van der Waals surface area contributed by atoms with Gasteiger partial charge in [0.2, 0.25) is 0 Å². The molecule has 0 bridgehead atoms. The van der Waals surface area contributed by atoms with E-state index in [9.17, 15) is 5.11 Å². The van der Waals surface area contributed by atoms with Gasteiger partial charge in [0.15, 0.2) is 0 Å². The van der Waals surface area contributed by atoms with Crippen LogP contribution in [0.5, 0.6) is 0 Å². The predicted octanol–water partition coefficient (Wildman–Crippen LogP) is 1.52. The highest BCUT2D eigenvalue weighted by molar-refractivity contribution is 5.25. The molecule has 0 radical (unpaired) electrons. The van der Waals surface area contributed by atoms with Crippen LogP contribution in [-0.2, 0) is 10.3 Å². The normalized spacial score (nSPS) is 18.9. The largest absolute Gasteiger partial charge is 0.384 e. The summed E-state index contributed by atoms with van der Waals surface area (Å²) in [6.07, 6.45) is 2.24. The molecule has 1 aromatic rings. The van der Waals surface area contributed by atoms with Gasteiger partial charge in [0.05, 0.1) is 6.61 Å². The number of hydrogen-bond acceptors (Lipinski definition) is 3. The second kappa shape index (κ2) is 5.63. The summed E-state index contributed by atoms with van der Waals surface area (Å²) < 4.78 is 4.99. The van der Waals surface area contributed by atoms with E-state index in [4.69, 9.17) is 4.74 Å². The van der Waals surface area contributed by atoms with E-state index in [0.717, 1.165) is 24.9 Å². The van der Waals surface area contributed by atoms with Crippen LogP contribution in [0.25, 0.3) is 0 Å². The van der Waals surface area contributed by atoms with Gasteiger partial charge in [-0.25, -0.2) is 0 Å². The Balaban J connectivity index is 2.00. The van der Waals surface area contributed by atoms with Crippen LogP contribution in [0.1, 0.15) is 18.4 Å². The third-order valence-corrected chi connectivity index (χ3v) is 3.40. The van der Waals surface area contributed by atoms with E-state index < -0.39 is 5.60 Å². The highest BCUT2D eigenvalue weighted by Gasteiger charge is 2.44. The molecule has 1 atom stereocenters. The van der Waals surface area contributed by atoms with Crippen molar-refractivity contribution in [2.45, 2.75) is 18.4 Å². The smallest absolute Gasteiger partial charge is 0.105 e. The number of benzene rings is 1. The zero-order valence-electron chi connectivity index (χ0n) is 10.4. The molecule has 1 aromatic carbocycles. The van der Waals surface area contributed by atoms with Crippen molar-refractivity contribution in [2.24, 2.45) is 5.92 Å². The van der Waals surface area contributed by atoms with Crippen LogP contribution in [0.3, 0.4) is 0 Å². The summed E-state index contributed by atoms with van der Waals surface area (Å²) >= 11 is 0. The average molecular weight is 235 g/mol. The molecule has 3 nitrogen and oxygen atoms in total. The lowest BCUT2D eigenvalue weighted by Crippen LogP contribution is -2.41. The van der Waals surface area contributed by atoms with Gasteiger partial charge in [0.1, 0.15) is 5.60 Å².